The predicted molar refractivity (Wildman–Crippen MR) is 181 cm³/mol. The van der Waals surface area contributed by atoms with Crippen LogP contribution in [-0.4, -0.2) is 94.9 Å². The third-order valence-corrected chi connectivity index (χ3v) is 10.1. The lowest BCUT2D eigenvalue weighted by Crippen LogP contribution is -2.50. The van der Waals surface area contributed by atoms with Crippen molar-refractivity contribution in [3.8, 4) is 11.5 Å². The summed E-state index contributed by atoms with van der Waals surface area (Å²) in [5.74, 6) is 1.46. The second kappa shape index (κ2) is 12.5. The monoisotopic (exact) mass is 659 g/mol. The normalized spacial score (nSPS) is 20.1. The Labute approximate surface area is 278 Å². The summed E-state index contributed by atoms with van der Waals surface area (Å²) in [7, 11) is 0. The van der Waals surface area contributed by atoms with Crippen LogP contribution in [0, 0.1) is 6.57 Å². The summed E-state index contributed by atoms with van der Waals surface area (Å²) >= 11 is 1.47. The standard InChI is InChI=1S/C33H41N9O4S/c1-7-25(43)41-15-11-39(12-16-41)21-19-22(36-24(20-21)40-13-17-42(18-14-40)31(44)45-32(2,3)4)29-37-30(46-38-29)33(5)10-8-9-23-26(33)27(35-6)28(34)47-23/h7,19-20H,1,8-18,34H2,2-5H3. The number of aryl methyl sites for hydroxylation is 1. The van der Waals surface area contributed by atoms with E-state index in [0.717, 1.165) is 41.2 Å². The molecule has 1 atom stereocenters. The molecule has 13 nitrogen and oxygen atoms in total. The summed E-state index contributed by atoms with van der Waals surface area (Å²) in [5.41, 5.74) is 7.92. The largest absolute Gasteiger partial charge is 0.444 e. The van der Waals surface area contributed by atoms with Crippen LogP contribution in [0.2, 0.25) is 0 Å². The van der Waals surface area contributed by atoms with Gasteiger partial charge in [-0.25, -0.2) is 14.6 Å². The SMILES string of the molecule is [C-]#[N+]c1c(N)sc2c1C(C)(c1nc(-c3cc(N4CCN(C(=O)C=C)CC4)cc(N4CCN(C(=O)OC(C)(C)C)CC4)n3)no1)CCC2. The fourth-order valence-electron chi connectivity index (χ4n) is 6.56. The number of pyridine rings is 1. The summed E-state index contributed by atoms with van der Waals surface area (Å²) in [4.78, 5) is 47.6. The van der Waals surface area contributed by atoms with Crippen LogP contribution in [0.15, 0.2) is 29.3 Å². The van der Waals surface area contributed by atoms with Gasteiger partial charge >= 0.3 is 6.09 Å². The molecule has 5 heterocycles. The third-order valence-electron chi connectivity index (χ3n) is 9.04. The molecule has 2 saturated heterocycles. The van der Waals surface area contributed by atoms with E-state index in [9.17, 15) is 9.59 Å². The van der Waals surface area contributed by atoms with Crippen molar-refractivity contribution in [3.05, 3.63) is 52.5 Å². The van der Waals surface area contributed by atoms with Crippen LogP contribution in [0.5, 0.6) is 0 Å². The zero-order chi connectivity index (χ0) is 33.5. The molecule has 2 amide bonds. The minimum atomic E-state index is -0.640. The fourth-order valence-corrected chi connectivity index (χ4v) is 7.74. The van der Waals surface area contributed by atoms with E-state index in [2.05, 4.69) is 26.4 Å². The average Bonchev–Trinajstić information content (AvgIpc) is 3.69. The number of carbonyl (C=O) groups excluding carboxylic acids is 2. The van der Waals surface area contributed by atoms with Gasteiger partial charge in [0.1, 0.15) is 17.1 Å². The molecule has 2 N–H and O–H groups in total. The van der Waals surface area contributed by atoms with Gasteiger partial charge in [-0.05, 0) is 69.5 Å². The van der Waals surface area contributed by atoms with Crippen molar-refractivity contribution in [2.45, 2.75) is 58.0 Å². The molecule has 2 fully saturated rings. The van der Waals surface area contributed by atoms with Crippen LogP contribution < -0.4 is 15.5 Å². The number of hydrogen-bond donors (Lipinski definition) is 1. The highest BCUT2D eigenvalue weighted by Gasteiger charge is 2.43. The van der Waals surface area contributed by atoms with Crippen molar-refractivity contribution in [1.82, 2.24) is 24.9 Å². The second-order valence-electron chi connectivity index (χ2n) is 13.4. The van der Waals surface area contributed by atoms with Gasteiger partial charge in [-0.2, -0.15) is 4.98 Å². The summed E-state index contributed by atoms with van der Waals surface area (Å²) in [6.07, 6.45) is 3.58. The summed E-state index contributed by atoms with van der Waals surface area (Å²) < 4.78 is 11.5. The smallest absolute Gasteiger partial charge is 0.410 e. The molecule has 0 saturated carbocycles. The van der Waals surface area contributed by atoms with E-state index in [0.29, 0.717) is 80.5 Å². The number of carbonyl (C=O) groups is 2. The topological polar surface area (TPSA) is 139 Å². The molecule has 47 heavy (non-hydrogen) atoms. The number of thiophene rings is 1. The van der Waals surface area contributed by atoms with Crippen molar-refractivity contribution in [1.29, 1.82) is 0 Å². The lowest BCUT2D eigenvalue weighted by molar-refractivity contribution is -0.126. The van der Waals surface area contributed by atoms with Gasteiger partial charge in [0.25, 0.3) is 0 Å². The quantitative estimate of drug-likeness (QED) is 0.299. The Morgan fingerprint density at radius 1 is 1.09 bits per heavy atom. The molecule has 0 spiro atoms. The Kier molecular flexibility index (Phi) is 8.61. The van der Waals surface area contributed by atoms with Crippen molar-refractivity contribution in [3.63, 3.8) is 0 Å². The van der Waals surface area contributed by atoms with Gasteiger partial charge in [0.05, 0.1) is 17.0 Å². The highest BCUT2D eigenvalue weighted by molar-refractivity contribution is 7.16. The highest BCUT2D eigenvalue weighted by Crippen LogP contribution is 2.52. The van der Waals surface area contributed by atoms with Crippen LogP contribution in [0.3, 0.4) is 0 Å². The van der Waals surface area contributed by atoms with Gasteiger partial charge in [0.2, 0.25) is 23.3 Å². The fraction of sp³-hybridized carbons (Fsp3) is 0.515. The van der Waals surface area contributed by atoms with Gasteiger partial charge in [0, 0.05) is 64.1 Å². The number of anilines is 3. The first kappa shape index (κ1) is 32.3. The van der Waals surface area contributed by atoms with E-state index in [1.54, 1.807) is 9.80 Å². The molecule has 248 valence electrons. The molecule has 3 aromatic rings. The first-order valence-electron chi connectivity index (χ1n) is 15.9. The molecule has 3 aromatic heterocycles. The number of nitrogens with zero attached hydrogens (tertiary/aromatic N) is 8. The molecule has 6 rings (SSSR count). The lowest BCUT2D eigenvalue weighted by Gasteiger charge is -2.38. The molecule has 1 unspecified atom stereocenters. The van der Waals surface area contributed by atoms with E-state index in [1.165, 1.54) is 17.4 Å². The number of amides is 2. The zero-order valence-corrected chi connectivity index (χ0v) is 28.2. The number of rotatable bonds is 5. The van der Waals surface area contributed by atoms with Crippen LogP contribution in [-0.2, 0) is 21.4 Å². The lowest BCUT2D eigenvalue weighted by atomic mass is 9.73. The van der Waals surface area contributed by atoms with Crippen LogP contribution in [0.1, 0.15) is 56.9 Å². The summed E-state index contributed by atoms with van der Waals surface area (Å²) in [6.45, 7) is 23.6. The maximum atomic E-state index is 12.7. The number of ether oxygens (including phenoxy) is 1. The molecule has 0 radical (unpaired) electrons. The van der Waals surface area contributed by atoms with E-state index >= 15 is 0 Å². The molecule has 0 bridgehead atoms. The molecule has 1 aliphatic carbocycles. The van der Waals surface area contributed by atoms with Gasteiger partial charge in [-0.1, -0.05) is 11.7 Å². The predicted octanol–water partition coefficient (Wildman–Crippen LogP) is 4.86. The van der Waals surface area contributed by atoms with Gasteiger partial charge in [0.15, 0.2) is 0 Å². The van der Waals surface area contributed by atoms with E-state index in [1.807, 2.05) is 39.8 Å². The Morgan fingerprint density at radius 2 is 1.77 bits per heavy atom. The van der Waals surface area contributed by atoms with Crippen LogP contribution in [0.25, 0.3) is 16.4 Å². The number of hydrogen-bond acceptors (Lipinski definition) is 11. The Morgan fingerprint density at radius 3 is 2.43 bits per heavy atom. The number of nitrogens with two attached hydrogens (primary N) is 1. The van der Waals surface area contributed by atoms with E-state index in [4.69, 9.17) is 31.5 Å². The second-order valence-corrected chi connectivity index (χ2v) is 14.5. The first-order valence-corrected chi connectivity index (χ1v) is 16.8. The van der Waals surface area contributed by atoms with Gasteiger partial charge < -0.3 is 34.6 Å². The number of nitrogen functional groups attached to an aromatic ring is 1. The average molecular weight is 660 g/mol. The maximum Gasteiger partial charge on any atom is 0.410 e. The summed E-state index contributed by atoms with van der Waals surface area (Å²) in [6, 6.07) is 4.01. The maximum absolute atomic E-state index is 12.7. The third kappa shape index (κ3) is 6.36. The van der Waals surface area contributed by atoms with Gasteiger partial charge in [-0.15, -0.1) is 11.3 Å². The van der Waals surface area contributed by atoms with Crippen molar-refractivity contribution in [2.75, 3.05) is 67.9 Å². The van der Waals surface area contributed by atoms with E-state index < -0.39 is 11.0 Å². The van der Waals surface area contributed by atoms with E-state index in [-0.39, 0.29) is 12.0 Å². The molecule has 3 aliphatic rings. The Bertz CT molecular complexity index is 1720. The number of piperazine rings is 2. The van der Waals surface area contributed by atoms with Crippen molar-refractivity contribution < 1.29 is 18.8 Å². The number of fused-ring (bicyclic) bond motifs is 1. The molecule has 0 aromatic carbocycles. The van der Waals surface area contributed by atoms with Crippen LogP contribution in [0.4, 0.5) is 27.0 Å². The Balaban J connectivity index is 1.31. The van der Waals surface area contributed by atoms with Crippen molar-refractivity contribution >= 4 is 45.5 Å². The summed E-state index contributed by atoms with van der Waals surface area (Å²) in [5, 5.41) is 4.93. The van der Waals surface area contributed by atoms with Crippen molar-refractivity contribution in [2.24, 2.45) is 0 Å². The minimum absolute atomic E-state index is 0.0731. The number of aromatic nitrogens is 3. The zero-order valence-electron chi connectivity index (χ0n) is 27.4. The highest BCUT2D eigenvalue weighted by atomic mass is 32.1. The molecular formula is C33H41N9O4S. The first-order chi connectivity index (χ1) is 22.4. The van der Waals surface area contributed by atoms with Gasteiger partial charge in [-0.3, -0.25) is 4.79 Å². The van der Waals surface area contributed by atoms with Crippen LogP contribution >= 0.6 is 11.3 Å². The Hall–Kier alpha value is -4.64. The molecule has 2 aliphatic heterocycles. The minimum Gasteiger partial charge on any atom is -0.444 e. The molecule has 14 heteroatoms. The molecular weight excluding hydrogens is 618 g/mol.